The lowest BCUT2D eigenvalue weighted by atomic mass is 9.98. The molecule has 0 spiro atoms. The molecule has 3 aromatic carbocycles. The molecule has 3 aromatic rings. The predicted molar refractivity (Wildman–Crippen MR) is 181 cm³/mol. The van der Waals surface area contributed by atoms with Gasteiger partial charge >= 0.3 is 0 Å². The first kappa shape index (κ1) is 37.0. The van der Waals surface area contributed by atoms with Gasteiger partial charge in [-0.2, -0.15) is 0 Å². The summed E-state index contributed by atoms with van der Waals surface area (Å²) in [7, 11) is 0. The van der Waals surface area contributed by atoms with Crippen molar-refractivity contribution in [3.05, 3.63) is 108 Å². The molecule has 0 aromatic heterocycles. The number of aliphatic hydroxyl groups excluding tert-OH is 1. The fourth-order valence-corrected chi connectivity index (χ4v) is 6.56. The van der Waals surface area contributed by atoms with E-state index in [2.05, 4.69) is 0 Å². The van der Waals surface area contributed by atoms with Gasteiger partial charge in [-0.3, -0.25) is 0 Å². The van der Waals surface area contributed by atoms with Crippen molar-refractivity contribution in [3.8, 4) is 0 Å². The van der Waals surface area contributed by atoms with Gasteiger partial charge < -0.3 is 52.8 Å². The molecule has 11 heteroatoms. The zero-order valence-corrected chi connectivity index (χ0v) is 29.2. The number of rotatable bonds is 15. The van der Waals surface area contributed by atoms with Crippen LogP contribution in [0.1, 0.15) is 50.8 Å². The third kappa shape index (κ3) is 10.2. The average Bonchev–Trinajstić information content (AvgIpc) is 3.41. The average molecular weight is 695 g/mol. The molecule has 11 nitrogen and oxygen atoms in total. The highest BCUT2D eigenvalue weighted by atomic mass is 16.8. The Morgan fingerprint density at radius 3 is 1.84 bits per heavy atom. The quantitative estimate of drug-likeness (QED) is 0.212. The van der Waals surface area contributed by atoms with Crippen LogP contribution in [0.25, 0.3) is 0 Å². The minimum atomic E-state index is -1.42. The maximum atomic E-state index is 11.9. The monoisotopic (exact) mass is 694 g/mol. The summed E-state index contributed by atoms with van der Waals surface area (Å²) in [5.41, 5.74) is 2.94. The minimum absolute atomic E-state index is 0.0212. The summed E-state index contributed by atoms with van der Waals surface area (Å²) in [6.45, 7) is 7.79. The second-order valence-electron chi connectivity index (χ2n) is 13.9. The Morgan fingerprint density at radius 2 is 1.26 bits per heavy atom. The number of aliphatic hydroxyl groups is 2. The Morgan fingerprint density at radius 1 is 0.700 bits per heavy atom. The molecule has 3 aliphatic heterocycles. The third-order valence-electron chi connectivity index (χ3n) is 8.76. The van der Waals surface area contributed by atoms with Crippen LogP contribution in [-0.4, -0.2) is 90.3 Å². The number of ether oxygens (including phenoxy) is 9. The molecule has 2 N–H and O–H groups in total. The highest BCUT2D eigenvalue weighted by Crippen LogP contribution is 2.39. The van der Waals surface area contributed by atoms with E-state index in [0.717, 1.165) is 16.7 Å². The van der Waals surface area contributed by atoms with Crippen molar-refractivity contribution >= 4 is 0 Å². The molecule has 0 bridgehead atoms. The zero-order valence-electron chi connectivity index (χ0n) is 29.2. The summed E-state index contributed by atoms with van der Waals surface area (Å²) < 4.78 is 56.3. The normalized spacial score (nSPS) is 31.0. The molecule has 0 radical (unpaired) electrons. The van der Waals surface area contributed by atoms with Gasteiger partial charge in [0.1, 0.15) is 36.6 Å². The molecule has 9 atom stereocenters. The second-order valence-corrected chi connectivity index (χ2v) is 13.9. The SMILES string of the molecule is CC(C)(O)OC1CC2OC(C)(C)OC2C(COC2OC(COCc3ccccc3)C(OCc3ccccc3)C(OCc3ccccc3)C2O)O1. The van der Waals surface area contributed by atoms with Crippen molar-refractivity contribution < 1.29 is 52.8 Å². The summed E-state index contributed by atoms with van der Waals surface area (Å²) in [6, 6.07) is 29.4. The van der Waals surface area contributed by atoms with Gasteiger partial charge in [-0.25, -0.2) is 0 Å². The van der Waals surface area contributed by atoms with Crippen molar-refractivity contribution in [2.45, 2.75) is 121 Å². The minimum Gasteiger partial charge on any atom is -0.385 e. The maximum Gasteiger partial charge on any atom is 0.186 e. The lowest BCUT2D eigenvalue weighted by Crippen LogP contribution is -2.61. The van der Waals surface area contributed by atoms with Crippen molar-refractivity contribution in [1.82, 2.24) is 0 Å². The molecule has 272 valence electrons. The third-order valence-corrected chi connectivity index (χ3v) is 8.76. The van der Waals surface area contributed by atoms with Crippen LogP contribution in [0.4, 0.5) is 0 Å². The van der Waals surface area contributed by atoms with E-state index in [1.54, 1.807) is 13.8 Å². The Labute approximate surface area is 294 Å². The Balaban J connectivity index is 1.21. The molecule has 3 heterocycles. The van der Waals surface area contributed by atoms with Crippen LogP contribution in [0.3, 0.4) is 0 Å². The van der Waals surface area contributed by atoms with Crippen molar-refractivity contribution in [1.29, 1.82) is 0 Å². The molecule has 3 fully saturated rings. The molecule has 0 aliphatic carbocycles. The summed E-state index contributed by atoms with van der Waals surface area (Å²) >= 11 is 0. The lowest BCUT2D eigenvalue weighted by molar-refractivity contribution is -0.340. The molecule has 9 unspecified atom stereocenters. The molecule has 0 amide bonds. The predicted octanol–water partition coefficient (Wildman–Crippen LogP) is 4.86. The van der Waals surface area contributed by atoms with Crippen LogP contribution >= 0.6 is 0 Å². The van der Waals surface area contributed by atoms with E-state index in [0.29, 0.717) is 13.0 Å². The Bertz CT molecular complexity index is 1430. The fourth-order valence-electron chi connectivity index (χ4n) is 6.56. The summed E-state index contributed by atoms with van der Waals surface area (Å²) in [5, 5.41) is 22.2. The van der Waals surface area contributed by atoms with E-state index in [-0.39, 0.29) is 32.5 Å². The standard InChI is InChI=1S/C39H50O11/c1-38(2,41)49-32-20-29-34(50-39(3,4)48-29)31(46-32)25-45-37-33(40)36(44-23-28-18-12-7-13-19-28)35(43-22-27-16-10-6-11-17-27)30(47-37)24-42-21-26-14-8-5-9-15-26/h5-19,29-37,40-41H,20-25H2,1-4H3. The van der Waals surface area contributed by atoms with Crippen LogP contribution in [0.5, 0.6) is 0 Å². The van der Waals surface area contributed by atoms with Crippen molar-refractivity contribution in [2.24, 2.45) is 0 Å². The topological polar surface area (TPSA) is 124 Å². The van der Waals surface area contributed by atoms with Crippen molar-refractivity contribution in [3.63, 3.8) is 0 Å². The molecular formula is C39H50O11. The van der Waals surface area contributed by atoms with E-state index in [9.17, 15) is 10.2 Å². The van der Waals surface area contributed by atoms with Gasteiger partial charge in [-0.05, 0) is 44.4 Å². The highest BCUT2D eigenvalue weighted by molar-refractivity contribution is 5.15. The number of hydrogen-bond acceptors (Lipinski definition) is 11. The van der Waals surface area contributed by atoms with Gasteiger partial charge in [-0.15, -0.1) is 0 Å². The first-order valence-corrected chi connectivity index (χ1v) is 17.3. The maximum absolute atomic E-state index is 11.9. The molecule has 3 aliphatic rings. The lowest BCUT2D eigenvalue weighted by Gasteiger charge is -2.45. The van der Waals surface area contributed by atoms with Gasteiger partial charge in [0.05, 0.1) is 39.1 Å². The largest absolute Gasteiger partial charge is 0.385 e. The van der Waals surface area contributed by atoms with E-state index in [1.807, 2.05) is 105 Å². The van der Waals surface area contributed by atoms with Crippen LogP contribution in [0.15, 0.2) is 91.0 Å². The van der Waals surface area contributed by atoms with Crippen LogP contribution < -0.4 is 0 Å². The molecule has 0 saturated carbocycles. The van der Waals surface area contributed by atoms with Crippen LogP contribution in [0, 0.1) is 0 Å². The van der Waals surface area contributed by atoms with Crippen LogP contribution in [-0.2, 0) is 62.5 Å². The van der Waals surface area contributed by atoms with E-state index in [4.69, 9.17) is 42.6 Å². The molecule has 6 rings (SSSR count). The van der Waals surface area contributed by atoms with E-state index in [1.165, 1.54) is 0 Å². The smallest absolute Gasteiger partial charge is 0.186 e. The number of hydrogen-bond donors (Lipinski definition) is 2. The van der Waals surface area contributed by atoms with Crippen LogP contribution in [0.2, 0.25) is 0 Å². The second kappa shape index (κ2) is 16.7. The van der Waals surface area contributed by atoms with Gasteiger partial charge in [0.15, 0.2) is 24.2 Å². The Kier molecular flexibility index (Phi) is 12.4. The summed E-state index contributed by atoms with van der Waals surface area (Å²) in [4.78, 5) is 0. The van der Waals surface area contributed by atoms with Gasteiger partial charge in [0, 0.05) is 6.42 Å². The molecular weight excluding hydrogens is 644 g/mol. The zero-order chi connectivity index (χ0) is 35.1. The molecule has 3 saturated heterocycles. The number of fused-ring (bicyclic) bond motifs is 1. The first-order valence-electron chi connectivity index (χ1n) is 17.3. The van der Waals surface area contributed by atoms with Gasteiger partial charge in [-0.1, -0.05) is 91.0 Å². The van der Waals surface area contributed by atoms with E-state index >= 15 is 0 Å². The van der Waals surface area contributed by atoms with Gasteiger partial charge in [0.2, 0.25) is 0 Å². The Hall–Kier alpha value is -2.78. The number of benzene rings is 3. The molecule has 50 heavy (non-hydrogen) atoms. The van der Waals surface area contributed by atoms with Gasteiger partial charge in [0.25, 0.3) is 0 Å². The highest BCUT2D eigenvalue weighted by Gasteiger charge is 2.52. The van der Waals surface area contributed by atoms with E-state index < -0.39 is 60.8 Å². The summed E-state index contributed by atoms with van der Waals surface area (Å²) in [5.74, 6) is -2.27. The summed E-state index contributed by atoms with van der Waals surface area (Å²) in [6.07, 6.45) is -6.41. The fraction of sp³-hybridized carbons (Fsp3) is 0.538. The first-order chi connectivity index (χ1) is 24.0. The van der Waals surface area contributed by atoms with Crippen molar-refractivity contribution in [2.75, 3.05) is 13.2 Å².